The van der Waals surface area contributed by atoms with Gasteiger partial charge in [0.05, 0.1) is 5.54 Å². The lowest BCUT2D eigenvalue weighted by molar-refractivity contribution is -0.118. The summed E-state index contributed by atoms with van der Waals surface area (Å²) < 4.78 is 5.22. The van der Waals surface area contributed by atoms with E-state index in [2.05, 4.69) is 17.4 Å². The molecule has 0 aliphatic heterocycles. The first-order valence-electron chi connectivity index (χ1n) is 7.33. The van der Waals surface area contributed by atoms with Crippen LogP contribution in [0.1, 0.15) is 39.2 Å². The minimum atomic E-state index is -0.748. The molecule has 0 radical (unpaired) electrons. The van der Waals surface area contributed by atoms with Crippen LogP contribution in [0.15, 0.2) is 30.3 Å². The number of carbonyl (C=O) groups is 2. The number of amides is 1. The molecule has 0 spiro atoms. The fourth-order valence-electron chi connectivity index (χ4n) is 2.80. The summed E-state index contributed by atoms with van der Waals surface area (Å²) in [6.07, 6.45) is 2.60. The quantitative estimate of drug-likeness (QED) is 0.867. The number of hydrogen-bond donors (Lipinski definition) is 1. The Morgan fingerprint density at radius 3 is 2.48 bits per heavy atom. The monoisotopic (exact) mass is 289 g/mol. The molecule has 0 heterocycles. The third-order valence-corrected chi connectivity index (χ3v) is 3.65. The van der Waals surface area contributed by atoms with Gasteiger partial charge >= 0.3 is 6.09 Å². The molecule has 0 saturated heterocycles. The molecule has 4 nitrogen and oxygen atoms in total. The first kappa shape index (κ1) is 15.5. The van der Waals surface area contributed by atoms with Crippen molar-refractivity contribution in [1.82, 2.24) is 5.32 Å². The number of hydrogen-bond acceptors (Lipinski definition) is 3. The highest BCUT2D eigenvalue weighted by Crippen LogP contribution is 2.38. The Balaban J connectivity index is 1.86. The molecular formula is C17H23NO3. The van der Waals surface area contributed by atoms with Crippen molar-refractivity contribution in [2.45, 2.75) is 51.2 Å². The van der Waals surface area contributed by atoms with Crippen molar-refractivity contribution in [1.29, 1.82) is 0 Å². The number of alkyl carbamates (subject to hydrolysis) is 1. The first-order valence-corrected chi connectivity index (χ1v) is 7.33. The van der Waals surface area contributed by atoms with Crippen LogP contribution in [0.5, 0.6) is 0 Å². The lowest BCUT2D eigenvalue weighted by Crippen LogP contribution is -2.59. The van der Waals surface area contributed by atoms with Gasteiger partial charge in [0, 0.05) is 0 Å². The van der Waals surface area contributed by atoms with E-state index in [0.29, 0.717) is 18.8 Å². The van der Waals surface area contributed by atoms with Gasteiger partial charge in [-0.3, -0.25) is 0 Å². The smallest absolute Gasteiger partial charge is 0.408 e. The molecule has 21 heavy (non-hydrogen) atoms. The summed E-state index contributed by atoms with van der Waals surface area (Å²) in [6, 6.07) is 10.2. The van der Waals surface area contributed by atoms with Gasteiger partial charge in [0.1, 0.15) is 11.9 Å². The summed E-state index contributed by atoms with van der Waals surface area (Å²) in [6.45, 7) is 5.41. The summed E-state index contributed by atoms with van der Waals surface area (Å²) in [4.78, 5) is 23.1. The molecule has 114 valence electrons. The van der Waals surface area contributed by atoms with Gasteiger partial charge < -0.3 is 14.8 Å². The van der Waals surface area contributed by atoms with Crippen LogP contribution in [-0.2, 0) is 16.0 Å². The molecule has 2 rings (SSSR count). The average Bonchev–Trinajstić information content (AvgIpc) is 2.34. The third kappa shape index (κ3) is 4.31. The molecule has 1 aromatic rings. The summed E-state index contributed by atoms with van der Waals surface area (Å²) in [5, 5.41) is 2.72. The Labute approximate surface area is 125 Å². The van der Waals surface area contributed by atoms with Gasteiger partial charge in [-0.25, -0.2) is 4.79 Å². The van der Waals surface area contributed by atoms with Crippen molar-refractivity contribution in [2.75, 3.05) is 0 Å². The van der Waals surface area contributed by atoms with Crippen LogP contribution in [-0.4, -0.2) is 23.5 Å². The van der Waals surface area contributed by atoms with Gasteiger partial charge in [-0.15, -0.1) is 0 Å². The Morgan fingerprint density at radius 1 is 1.33 bits per heavy atom. The maximum Gasteiger partial charge on any atom is 0.408 e. The maximum atomic E-state index is 11.8. The minimum Gasteiger partial charge on any atom is -0.444 e. The lowest BCUT2D eigenvalue weighted by atomic mass is 9.67. The summed E-state index contributed by atoms with van der Waals surface area (Å²) in [5.41, 5.74) is -0.0392. The number of ether oxygens (including phenoxy) is 1. The van der Waals surface area contributed by atoms with E-state index in [0.717, 1.165) is 12.7 Å². The molecule has 1 saturated carbocycles. The highest BCUT2D eigenvalue weighted by atomic mass is 16.6. The van der Waals surface area contributed by atoms with E-state index >= 15 is 0 Å². The predicted octanol–water partition coefficient (Wildman–Crippen LogP) is 3.10. The zero-order chi connectivity index (χ0) is 15.5. The fourth-order valence-corrected chi connectivity index (χ4v) is 2.80. The van der Waals surface area contributed by atoms with Crippen molar-refractivity contribution in [2.24, 2.45) is 5.92 Å². The molecule has 0 bridgehead atoms. The molecule has 1 fully saturated rings. The molecule has 1 aliphatic rings. The van der Waals surface area contributed by atoms with Crippen LogP contribution in [0.2, 0.25) is 0 Å². The van der Waals surface area contributed by atoms with Crippen LogP contribution in [0, 0.1) is 5.92 Å². The number of carbonyl (C=O) groups excluding carboxylic acids is 2. The topological polar surface area (TPSA) is 55.4 Å². The van der Waals surface area contributed by atoms with Crippen LogP contribution in [0.3, 0.4) is 0 Å². The normalized spacial score (nSPS) is 24.8. The SMILES string of the molecule is CC(C)(C)OC(=O)NC1(C=O)CC(Cc2ccccc2)C1. The van der Waals surface area contributed by atoms with Gasteiger partial charge in [0.2, 0.25) is 0 Å². The molecule has 0 unspecified atom stereocenters. The number of aldehydes is 1. The van der Waals surface area contributed by atoms with Gasteiger partial charge in [-0.1, -0.05) is 30.3 Å². The van der Waals surface area contributed by atoms with E-state index in [1.165, 1.54) is 5.56 Å². The number of rotatable bonds is 4. The van der Waals surface area contributed by atoms with Crippen LogP contribution in [0.25, 0.3) is 0 Å². The van der Waals surface area contributed by atoms with E-state index in [9.17, 15) is 9.59 Å². The molecule has 0 aromatic heterocycles. The third-order valence-electron chi connectivity index (χ3n) is 3.65. The largest absolute Gasteiger partial charge is 0.444 e. The van der Waals surface area contributed by atoms with E-state index in [1.807, 2.05) is 18.2 Å². The van der Waals surface area contributed by atoms with E-state index in [4.69, 9.17) is 4.74 Å². The molecule has 1 N–H and O–H groups in total. The van der Waals surface area contributed by atoms with Crippen molar-refractivity contribution in [3.63, 3.8) is 0 Å². The Kier molecular flexibility index (Phi) is 4.35. The summed E-state index contributed by atoms with van der Waals surface area (Å²) >= 11 is 0. The van der Waals surface area contributed by atoms with Crippen molar-refractivity contribution in [3.05, 3.63) is 35.9 Å². The van der Waals surface area contributed by atoms with Gasteiger partial charge in [0.25, 0.3) is 0 Å². The van der Waals surface area contributed by atoms with Crippen molar-refractivity contribution in [3.8, 4) is 0 Å². The highest BCUT2D eigenvalue weighted by Gasteiger charge is 2.45. The van der Waals surface area contributed by atoms with Crippen LogP contribution < -0.4 is 5.32 Å². The number of nitrogens with one attached hydrogen (secondary N) is 1. The van der Waals surface area contributed by atoms with Gasteiger partial charge in [-0.2, -0.15) is 0 Å². The average molecular weight is 289 g/mol. The lowest BCUT2D eigenvalue weighted by Gasteiger charge is -2.44. The second kappa shape index (κ2) is 5.88. The van der Waals surface area contributed by atoms with E-state index in [1.54, 1.807) is 20.8 Å². The van der Waals surface area contributed by atoms with E-state index < -0.39 is 17.2 Å². The molecule has 4 heteroatoms. The zero-order valence-corrected chi connectivity index (χ0v) is 12.9. The highest BCUT2D eigenvalue weighted by molar-refractivity contribution is 5.77. The molecular weight excluding hydrogens is 266 g/mol. The van der Waals surface area contributed by atoms with Gasteiger partial charge in [0.15, 0.2) is 0 Å². The van der Waals surface area contributed by atoms with Crippen molar-refractivity contribution < 1.29 is 14.3 Å². The molecule has 1 amide bonds. The standard InChI is InChI=1S/C17H23NO3/c1-16(2,3)21-15(20)18-17(12-19)10-14(11-17)9-13-7-5-4-6-8-13/h4-8,12,14H,9-11H2,1-3H3,(H,18,20). The Hall–Kier alpha value is -1.84. The molecule has 1 aliphatic carbocycles. The minimum absolute atomic E-state index is 0.424. The van der Waals surface area contributed by atoms with E-state index in [-0.39, 0.29) is 0 Å². The zero-order valence-electron chi connectivity index (χ0n) is 12.9. The number of benzene rings is 1. The second-order valence-electron chi connectivity index (χ2n) is 6.86. The Bertz CT molecular complexity index is 499. The molecule has 1 aromatic carbocycles. The molecule has 0 atom stereocenters. The predicted molar refractivity (Wildman–Crippen MR) is 81.0 cm³/mol. The van der Waals surface area contributed by atoms with Crippen LogP contribution >= 0.6 is 0 Å². The second-order valence-corrected chi connectivity index (χ2v) is 6.86. The summed E-state index contributed by atoms with van der Waals surface area (Å²) in [7, 11) is 0. The van der Waals surface area contributed by atoms with Gasteiger partial charge in [-0.05, 0) is 51.5 Å². The maximum absolute atomic E-state index is 11.8. The summed E-state index contributed by atoms with van der Waals surface area (Å²) in [5.74, 6) is 0.424. The Morgan fingerprint density at radius 2 is 1.95 bits per heavy atom. The van der Waals surface area contributed by atoms with Crippen LogP contribution in [0.4, 0.5) is 4.79 Å². The fraction of sp³-hybridized carbons (Fsp3) is 0.529. The van der Waals surface area contributed by atoms with Crippen molar-refractivity contribution >= 4 is 12.4 Å². The first-order chi connectivity index (χ1) is 9.82.